The van der Waals surface area contributed by atoms with Crippen LogP contribution < -0.4 is 0 Å². The van der Waals surface area contributed by atoms with Crippen LogP contribution in [0, 0.1) is 5.92 Å². The predicted molar refractivity (Wildman–Crippen MR) is 101 cm³/mol. The number of rotatable bonds is 7. The van der Waals surface area contributed by atoms with Crippen molar-refractivity contribution in [1.29, 1.82) is 0 Å². The molecule has 0 radical (unpaired) electrons. The molecule has 1 N–H and O–H groups in total. The topological polar surface area (TPSA) is 44.5 Å². The van der Waals surface area contributed by atoms with Crippen LogP contribution in [0.4, 0.5) is 0 Å². The Kier molecular flexibility index (Phi) is 6.24. The summed E-state index contributed by atoms with van der Waals surface area (Å²) in [6.45, 7) is 10.0. The van der Waals surface area contributed by atoms with Crippen LogP contribution in [0.3, 0.4) is 0 Å². The van der Waals surface area contributed by atoms with Gasteiger partial charge in [0.1, 0.15) is 0 Å². The molecule has 136 valence electrons. The third kappa shape index (κ3) is 4.69. The molecule has 0 saturated carbocycles. The van der Waals surface area contributed by atoms with Crippen LogP contribution in [-0.4, -0.2) is 63.3 Å². The molecule has 25 heavy (non-hydrogen) atoms. The summed E-state index contributed by atoms with van der Waals surface area (Å²) in [7, 11) is 0. The summed E-state index contributed by atoms with van der Waals surface area (Å²) in [6, 6.07) is 8.80. The highest BCUT2D eigenvalue weighted by Crippen LogP contribution is 2.19. The quantitative estimate of drug-likeness (QED) is 0.839. The van der Waals surface area contributed by atoms with Crippen molar-refractivity contribution in [3.63, 3.8) is 0 Å². The van der Waals surface area contributed by atoms with Gasteiger partial charge >= 0.3 is 0 Å². The molecular weight excluding hydrogens is 312 g/mol. The molecule has 1 fully saturated rings. The third-order valence-electron chi connectivity index (χ3n) is 4.89. The maximum atomic E-state index is 9.45. The van der Waals surface area contributed by atoms with E-state index >= 15 is 0 Å². The predicted octanol–water partition coefficient (Wildman–Crippen LogP) is 2.40. The molecule has 0 bridgehead atoms. The highest BCUT2D eigenvalue weighted by molar-refractivity contribution is 5.32. The van der Waals surface area contributed by atoms with Crippen LogP contribution >= 0.6 is 0 Å². The fourth-order valence-electron chi connectivity index (χ4n) is 3.76. The van der Waals surface area contributed by atoms with Crippen molar-refractivity contribution in [2.45, 2.75) is 32.9 Å². The molecule has 0 spiro atoms. The minimum absolute atomic E-state index is 0.263. The Bertz CT molecular complexity index is 640. The zero-order valence-corrected chi connectivity index (χ0v) is 15.4. The molecule has 3 rings (SSSR count). The Morgan fingerprint density at radius 1 is 1.24 bits per heavy atom. The largest absolute Gasteiger partial charge is 0.396 e. The van der Waals surface area contributed by atoms with Gasteiger partial charge in [-0.3, -0.25) is 14.8 Å². The normalized spacial score (nSPS) is 19.6. The summed E-state index contributed by atoms with van der Waals surface area (Å²) in [5, 5.41) is 9.45. The lowest BCUT2D eigenvalue weighted by molar-refractivity contribution is 0.0469. The number of aliphatic hydroxyl groups is 1. The second-order valence-corrected chi connectivity index (χ2v) is 7.37. The fraction of sp³-hybridized carbons (Fsp3) is 0.550. The van der Waals surface area contributed by atoms with Crippen LogP contribution in [0.2, 0.25) is 0 Å². The Hall–Kier alpha value is -1.69. The molecule has 0 aliphatic carbocycles. The van der Waals surface area contributed by atoms with E-state index in [1.165, 1.54) is 5.69 Å². The number of aromatic nitrogens is 2. The van der Waals surface area contributed by atoms with Gasteiger partial charge in [0.05, 0.1) is 11.9 Å². The van der Waals surface area contributed by atoms with E-state index in [1.54, 1.807) is 6.20 Å². The van der Waals surface area contributed by atoms with Crippen molar-refractivity contribution in [3.05, 3.63) is 48.5 Å². The smallest absolute Gasteiger partial charge is 0.0636 e. The first-order valence-corrected chi connectivity index (χ1v) is 9.31. The van der Waals surface area contributed by atoms with Crippen molar-refractivity contribution in [3.8, 4) is 5.69 Å². The third-order valence-corrected chi connectivity index (χ3v) is 4.89. The first-order chi connectivity index (χ1) is 12.2. The lowest BCUT2D eigenvalue weighted by atomic mass is 10.1. The van der Waals surface area contributed by atoms with Gasteiger partial charge in [0, 0.05) is 63.5 Å². The van der Waals surface area contributed by atoms with Crippen molar-refractivity contribution in [2.24, 2.45) is 5.92 Å². The summed E-state index contributed by atoms with van der Waals surface area (Å²) < 4.78 is 2.22. The van der Waals surface area contributed by atoms with Crippen molar-refractivity contribution in [2.75, 3.05) is 32.8 Å². The summed E-state index contributed by atoms with van der Waals surface area (Å²) in [5.41, 5.74) is 2.39. The SMILES string of the molecule is CC(C)CN1CCN(Cc2cccn2-c2cccnc2)C[C@@H]1CCO. The van der Waals surface area contributed by atoms with E-state index in [4.69, 9.17) is 0 Å². The van der Waals surface area contributed by atoms with Gasteiger partial charge in [-0.25, -0.2) is 0 Å². The minimum atomic E-state index is 0.263. The molecular formula is C20H30N4O. The fourth-order valence-corrected chi connectivity index (χ4v) is 3.76. The number of piperazine rings is 1. The molecule has 1 aliphatic heterocycles. The van der Waals surface area contributed by atoms with E-state index in [9.17, 15) is 5.11 Å². The summed E-state index contributed by atoms with van der Waals surface area (Å²) in [5.74, 6) is 0.663. The molecule has 1 saturated heterocycles. The molecule has 0 unspecified atom stereocenters. The summed E-state index contributed by atoms with van der Waals surface area (Å²) in [6.07, 6.45) is 6.66. The van der Waals surface area contributed by atoms with Gasteiger partial charge in [-0.15, -0.1) is 0 Å². The molecule has 1 atom stereocenters. The second kappa shape index (κ2) is 8.61. The minimum Gasteiger partial charge on any atom is -0.396 e. The van der Waals surface area contributed by atoms with E-state index in [0.29, 0.717) is 12.0 Å². The lowest BCUT2D eigenvalue weighted by Crippen LogP contribution is -2.54. The molecule has 3 heterocycles. The highest BCUT2D eigenvalue weighted by Gasteiger charge is 2.27. The van der Waals surface area contributed by atoms with Gasteiger partial charge in [-0.2, -0.15) is 0 Å². The van der Waals surface area contributed by atoms with E-state index in [1.807, 2.05) is 12.3 Å². The molecule has 5 nitrogen and oxygen atoms in total. The number of nitrogens with zero attached hydrogens (tertiary/aromatic N) is 4. The molecule has 2 aromatic rings. The standard InChI is InChI=1S/C20H30N4O/c1-17(2)14-23-11-10-22(15-19(23)7-12-25)16-20-6-4-9-24(20)18-5-3-8-21-13-18/h3-6,8-9,13,17,19,25H,7,10-12,14-16H2,1-2H3/t19-/m0/s1. The van der Waals surface area contributed by atoms with E-state index < -0.39 is 0 Å². The van der Waals surface area contributed by atoms with Crippen LogP contribution in [0.5, 0.6) is 0 Å². The van der Waals surface area contributed by atoms with Gasteiger partial charge in [-0.1, -0.05) is 13.8 Å². The molecule has 1 aliphatic rings. The van der Waals surface area contributed by atoms with Crippen molar-refractivity contribution in [1.82, 2.24) is 19.4 Å². The van der Waals surface area contributed by atoms with Crippen molar-refractivity contribution < 1.29 is 5.11 Å². The highest BCUT2D eigenvalue weighted by atomic mass is 16.3. The maximum absolute atomic E-state index is 9.45. The van der Waals surface area contributed by atoms with E-state index in [2.05, 4.69) is 57.6 Å². The number of aliphatic hydroxyl groups excluding tert-OH is 1. The van der Waals surface area contributed by atoms with Gasteiger partial charge in [-0.05, 0) is 36.6 Å². The Morgan fingerprint density at radius 3 is 2.84 bits per heavy atom. The average molecular weight is 342 g/mol. The molecule has 2 aromatic heterocycles. The van der Waals surface area contributed by atoms with Gasteiger partial charge < -0.3 is 9.67 Å². The van der Waals surface area contributed by atoms with Crippen LogP contribution in [0.15, 0.2) is 42.9 Å². The number of pyridine rings is 1. The van der Waals surface area contributed by atoms with E-state index in [-0.39, 0.29) is 6.61 Å². The Balaban J connectivity index is 1.67. The lowest BCUT2D eigenvalue weighted by Gasteiger charge is -2.42. The molecule has 0 aromatic carbocycles. The first-order valence-electron chi connectivity index (χ1n) is 9.31. The number of hydrogen-bond donors (Lipinski definition) is 1. The molecule has 5 heteroatoms. The summed E-state index contributed by atoms with van der Waals surface area (Å²) in [4.78, 5) is 9.30. The van der Waals surface area contributed by atoms with Crippen LogP contribution in [0.1, 0.15) is 26.0 Å². The Labute approximate surface area is 150 Å². The number of hydrogen-bond acceptors (Lipinski definition) is 4. The van der Waals surface area contributed by atoms with Gasteiger partial charge in [0.2, 0.25) is 0 Å². The maximum Gasteiger partial charge on any atom is 0.0636 e. The van der Waals surface area contributed by atoms with Gasteiger partial charge in [0.25, 0.3) is 0 Å². The zero-order chi connectivity index (χ0) is 17.6. The van der Waals surface area contributed by atoms with Crippen LogP contribution in [-0.2, 0) is 6.54 Å². The van der Waals surface area contributed by atoms with E-state index in [0.717, 1.165) is 44.8 Å². The average Bonchev–Trinajstić information content (AvgIpc) is 3.06. The molecule has 0 amide bonds. The van der Waals surface area contributed by atoms with Crippen LogP contribution in [0.25, 0.3) is 5.69 Å². The zero-order valence-electron chi connectivity index (χ0n) is 15.4. The monoisotopic (exact) mass is 342 g/mol. The first kappa shape index (κ1) is 18.1. The van der Waals surface area contributed by atoms with Crippen molar-refractivity contribution >= 4 is 0 Å². The summed E-state index contributed by atoms with van der Waals surface area (Å²) >= 11 is 0. The second-order valence-electron chi connectivity index (χ2n) is 7.37. The van der Waals surface area contributed by atoms with Gasteiger partial charge in [0.15, 0.2) is 0 Å². The Morgan fingerprint density at radius 2 is 2.12 bits per heavy atom.